The van der Waals surface area contributed by atoms with Gasteiger partial charge in [-0.1, -0.05) is 18.2 Å². The number of rotatable bonds is 2. The summed E-state index contributed by atoms with van der Waals surface area (Å²) in [5, 5.41) is 4.18. The van der Waals surface area contributed by atoms with Gasteiger partial charge in [0.2, 0.25) is 5.91 Å². The third-order valence-corrected chi connectivity index (χ3v) is 6.04. The van der Waals surface area contributed by atoms with Crippen LogP contribution in [0.2, 0.25) is 0 Å². The number of fused-ring (bicyclic) bond motifs is 6. The Morgan fingerprint density at radius 2 is 1.94 bits per heavy atom. The second-order valence-corrected chi connectivity index (χ2v) is 7.75. The number of pyridine rings is 1. The molecule has 3 aliphatic rings. The zero-order valence-corrected chi connectivity index (χ0v) is 16.4. The lowest BCUT2D eigenvalue weighted by Gasteiger charge is -2.25. The van der Waals surface area contributed by atoms with E-state index < -0.39 is 17.2 Å². The van der Waals surface area contributed by atoms with Gasteiger partial charge < -0.3 is 10.1 Å². The molecule has 3 aromatic rings. The van der Waals surface area contributed by atoms with Crippen molar-refractivity contribution in [2.75, 3.05) is 22.5 Å². The molecule has 0 fully saturated rings. The van der Waals surface area contributed by atoms with Crippen molar-refractivity contribution in [3.8, 4) is 5.75 Å². The number of carbonyl (C=O) groups excluding carboxylic acids is 1. The molecule has 0 radical (unpaired) electrons. The Morgan fingerprint density at radius 1 is 1.09 bits per heavy atom. The minimum absolute atomic E-state index is 0.0763. The summed E-state index contributed by atoms with van der Waals surface area (Å²) in [6.45, 7) is -0.210. The number of para-hydroxylation sites is 1. The van der Waals surface area contributed by atoms with Crippen LogP contribution in [-0.2, 0) is 27.9 Å². The molecule has 1 aromatic heterocycles. The summed E-state index contributed by atoms with van der Waals surface area (Å²) in [5.41, 5.74) is 3.50. The largest absolute Gasteiger partial charge is 0.491 e. The summed E-state index contributed by atoms with van der Waals surface area (Å²) in [5.74, 6) is 0.219. The molecule has 1 unspecified atom stereocenters. The number of carbonyl (C=O) groups is 1. The molecule has 0 saturated heterocycles. The molecule has 1 amide bonds. The summed E-state index contributed by atoms with van der Waals surface area (Å²) in [4.78, 5) is 22.7. The Kier molecular flexibility index (Phi) is 3.76. The van der Waals surface area contributed by atoms with Crippen LogP contribution in [-0.4, -0.2) is 17.5 Å². The molecule has 3 aliphatic heterocycles. The Morgan fingerprint density at radius 3 is 2.78 bits per heavy atom. The second-order valence-electron chi connectivity index (χ2n) is 7.75. The number of hydrogen-bond donors (Lipinski definition) is 2. The molecule has 2 N–H and O–H groups in total. The maximum atomic E-state index is 13.5. The summed E-state index contributed by atoms with van der Waals surface area (Å²) >= 11 is 0. The lowest BCUT2D eigenvalue weighted by atomic mass is 9.76. The predicted molar refractivity (Wildman–Crippen MR) is 108 cm³/mol. The summed E-state index contributed by atoms with van der Waals surface area (Å²) in [7, 11) is 0. The van der Waals surface area contributed by atoms with Gasteiger partial charge in [-0.3, -0.25) is 9.78 Å². The third-order valence-electron chi connectivity index (χ3n) is 6.04. The predicted octanol–water partition coefficient (Wildman–Crippen LogP) is 4.01. The number of benzene rings is 2. The highest BCUT2D eigenvalue weighted by Crippen LogP contribution is 2.56. The first-order chi connectivity index (χ1) is 15.4. The van der Waals surface area contributed by atoms with Crippen molar-refractivity contribution in [3.05, 3.63) is 77.1 Å². The molecular formula is C22H15F3N4O3. The number of alkyl halides is 3. The van der Waals surface area contributed by atoms with Gasteiger partial charge in [0.1, 0.15) is 23.5 Å². The molecular weight excluding hydrogens is 425 g/mol. The van der Waals surface area contributed by atoms with Gasteiger partial charge in [0.15, 0.2) is 0 Å². The van der Waals surface area contributed by atoms with Crippen LogP contribution in [0.1, 0.15) is 22.4 Å². The summed E-state index contributed by atoms with van der Waals surface area (Å²) in [6, 6.07) is 12.9. The maximum absolute atomic E-state index is 13.5. The molecule has 1 atom stereocenters. The average Bonchev–Trinajstić information content (AvgIpc) is 3.43. The van der Waals surface area contributed by atoms with E-state index in [0.29, 0.717) is 28.4 Å². The maximum Gasteiger partial charge on any atom is 0.418 e. The number of amides is 1. The van der Waals surface area contributed by atoms with Crippen LogP contribution >= 0.6 is 0 Å². The Bertz CT molecular complexity index is 1280. The van der Waals surface area contributed by atoms with E-state index in [-0.39, 0.29) is 24.8 Å². The fourth-order valence-corrected chi connectivity index (χ4v) is 4.63. The summed E-state index contributed by atoms with van der Waals surface area (Å²) in [6.07, 6.45) is -3.26. The standard InChI is InChI=1S/C22H15F3N4O3/c23-22(24,25)13-5-3-9-26-16(13)10-29-19-15(28-32-29)7-8-17-18(19)21(11-31-17)12-4-1-2-6-14(12)27-20(21)30/h1-9,28H,10-11H2,(H,27,30). The quantitative estimate of drug-likeness (QED) is 0.627. The van der Waals surface area contributed by atoms with E-state index >= 15 is 0 Å². The highest BCUT2D eigenvalue weighted by atomic mass is 19.4. The van der Waals surface area contributed by atoms with Crippen LogP contribution in [0, 0.1) is 0 Å². The van der Waals surface area contributed by atoms with Gasteiger partial charge in [-0.15, -0.1) is 0 Å². The number of ether oxygens (including phenoxy) is 1. The Labute approximate surface area is 179 Å². The van der Waals surface area contributed by atoms with Crippen molar-refractivity contribution in [2.24, 2.45) is 0 Å². The van der Waals surface area contributed by atoms with E-state index in [1.54, 1.807) is 18.2 Å². The van der Waals surface area contributed by atoms with Crippen molar-refractivity contribution in [2.45, 2.75) is 18.1 Å². The van der Waals surface area contributed by atoms with Gasteiger partial charge in [-0.25, -0.2) is 10.5 Å². The molecule has 4 heterocycles. The number of halogens is 3. The molecule has 1 spiro atoms. The van der Waals surface area contributed by atoms with E-state index in [4.69, 9.17) is 9.68 Å². The molecule has 0 aliphatic carbocycles. The van der Waals surface area contributed by atoms with Crippen LogP contribution in [0.25, 0.3) is 0 Å². The minimum atomic E-state index is -4.56. The number of anilines is 3. The highest BCUT2D eigenvalue weighted by molar-refractivity contribution is 6.11. The first-order valence-electron chi connectivity index (χ1n) is 9.82. The van der Waals surface area contributed by atoms with E-state index in [9.17, 15) is 18.0 Å². The SMILES string of the molecule is O=C1Nc2ccccc2C12COc1ccc3c(c12)N(Cc1ncccc1C(F)(F)F)ON3. The fourth-order valence-electron chi connectivity index (χ4n) is 4.63. The zero-order chi connectivity index (χ0) is 22.1. The zero-order valence-electron chi connectivity index (χ0n) is 16.4. The summed E-state index contributed by atoms with van der Waals surface area (Å²) < 4.78 is 46.4. The molecule has 7 nitrogen and oxygen atoms in total. The fraction of sp³-hybridized carbons (Fsp3) is 0.182. The van der Waals surface area contributed by atoms with Gasteiger partial charge in [-0.2, -0.15) is 18.1 Å². The lowest BCUT2D eigenvalue weighted by molar-refractivity contribution is -0.138. The molecule has 6 rings (SSSR count). The van der Waals surface area contributed by atoms with Crippen LogP contribution in [0.4, 0.5) is 30.2 Å². The first-order valence-corrected chi connectivity index (χ1v) is 9.82. The van der Waals surface area contributed by atoms with E-state index in [1.165, 1.54) is 17.3 Å². The lowest BCUT2D eigenvalue weighted by Crippen LogP contribution is -2.38. The Hall–Kier alpha value is -3.79. The average molecular weight is 440 g/mol. The van der Waals surface area contributed by atoms with E-state index in [2.05, 4.69) is 15.8 Å². The van der Waals surface area contributed by atoms with Crippen molar-refractivity contribution >= 4 is 23.0 Å². The number of nitrogens with zero attached hydrogens (tertiary/aromatic N) is 2. The van der Waals surface area contributed by atoms with Gasteiger partial charge in [0, 0.05) is 17.4 Å². The molecule has 32 heavy (non-hydrogen) atoms. The van der Waals surface area contributed by atoms with Gasteiger partial charge in [-0.05, 0) is 35.9 Å². The molecule has 0 saturated carbocycles. The topological polar surface area (TPSA) is 75.7 Å². The van der Waals surface area contributed by atoms with Crippen LogP contribution < -0.4 is 20.6 Å². The minimum Gasteiger partial charge on any atom is -0.491 e. The van der Waals surface area contributed by atoms with E-state index in [1.807, 2.05) is 18.2 Å². The third kappa shape index (κ3) is 2.46. The van der Waals surface area contributed by atoms with Crippen LogP contribution in [0.3, 0.4) is 0 Å². The molecule has 2 aromatic carbocycles. The van der Waals surface area contributed by atoms with Gasteiger partial charge in [0.05, 0.1) is 23.5 Å². The number of aromatic nitrogens is 1. The molecule has 162 valence electrons. The van der Waals surface area contributed by atoms with E-state index in [0.717, 1.165) is 11.6 Å². The Balaban J connectivity index is 1.50. The number of hydroxylamine groups is 1. The monoisotopic (exact) mass is 440 g/mol. The van der Waals surface area contributed by atoms with Gasteiger partial charge >= 0.3 is 6.18 Å². The van der Waals surface area contributed by atoms with Crippen LogP contribution in [0.5, 0.6) is 5.75 Å². The second kappa shape index (κ2) is 6.36. The first kappa shape index (κ1) is 18.9. The van der Waals surface area contributed by atoms with Gasteiger partial charge in [0.25, 0.3) is 0 Å². The van der Waals surface area contributed by atoms with Crippen LogP contribution in [0.15, 0.2) is 54.7 Å². The van der Waals surface area contributed by atoms with Crippen molar-refractivity contribution in [1.29, 1.82) is 0 Å². The molecule has 0 bridgehead atoms. The normalized spacial score (nSPS) is 20.5. The number of hydrogen-bond acceptors (Lipinski definition) is 6. The van der Waals surface area contributed by atoms with Crippen molar-refractivity contribution in [1.82, 2.24) is 4.98 Å². The molecule has 10 heteroatoms. The number of nitrogens with one attached hydrogen (secondary N) is 2. The smallest absolute Gasteiger partial charge is 0.418 e. The highest BCUT2D eigenvalue weighted by Gasteiger charge is 2.56. The van der Waals surface area contributed by atoms with Crippen molar-refractivity contribution in [3.63, 3.8) is 0 Å². The van der Waals surface area contributed by atoms with Crippen molar-refractivity contribution < 1.29 is 27.6 Å².